The van der Waals surface area contributed by atoms with E-state index in [0.717, 1.165) is 5.56 Å². The molecule has 1 aliphatic carbocycles. The van der Waals surface area contributed by atoms with Crippen molar-refractivity contribution in [2.75, 3.05) is 7.11 Å². The zero-order valence-corrected chi connectivity index (χ0v) is 11.8. The van der Waals surface area contributed by atoms with Gasteiger partial charge in [0.05, 0.1) is 0 Å². The molecule has 0 spiro atoms. The molecule has 0 amide bonds. The molecule has 0 N–H and O–H groups in total. The van der Waals surface area contributed by atoms with Crippen LogP contribution in [0.5, 0.6) is 0 Å². The number of aromatic nitrogens is 1. The van der Waals surface area contributed by atoms with Gasteiger partial charge in [-0.25, -0.2) is 0 Å². The zero-order valence-electron chi connectivity index (χ0n) is 11.8. The summed E-state index contributed by atoms with van der Waals surface area (Å²) in [6.45, 7) is 0. The van der Waals surface area contributed by atoms with Crippen LogP contribution in [0.2, 0.25) is 0 Å². The molecule has 0 saturated carbocycles. The highest BCUT2D eigenvalue weighted by Gasteiger charge is 2.44. The average Bonchev–Trinajstić information content (AvgIpc) is 2.87. The van der Waals surface area contributed by atoms with Crippen LogP contribution < -0.4 is 0 Å². The third kappa shape index (κ3) is 1.54. The van der Waals surface area contributed by atoms with Gasteiger partial charge in [-0.3, -0.25) is 4.98 Å². The van der Waals surface area contributed by atoms with Crippen molar-refractivity contribution in [3.8, 4) is 11.1 Å². The first-order chi connectivity index (χ1) is 10.4. The minimum atomic E-state index is -0.568. The SMILES string of the molecule is COC1(c2cccnc2)c2ccccc2-c2ccccc21. The largest absolute Gasteiger partial charge is 0.364 e. The number of methoxy groups -OCH3 is 1. The summed E-state index contributed by atoms with van der Waals surface area (Å²) >= 11 is 0. The fraction of sp³-hybridized carbons (Fsp3) is 0.105. The number of ether oxygens (including phenoxy) is 1. The molecule has 21 heavy (non-hydrogen) atoms. The molecule has 2 aromatic carbocycles. The van der Waals surface area contributed by atoms with Crippen molar-refractivity contribution in [3.63, 3.8) is 0 Å². The molecule has 0 saturated heterocycles. The third-order valence-electron chi connectivity index (χ3n) is 4.28. The van der Waals surface area contributed by atoms with Gasteiger partial charge in [-0.05, 0) is 17.2 Å². The maximum atomic E-state index is 6.10. The van der Waals surface area contributed by atoms with Gasteiger partial charge in [0.25, 0.3) is 0 Å². The first kappa shape index (κ1) is 12.3. The second-order valence-corrected chi connectivity index (χ2v) is 5.22. The second-order valence-electron chi connectivity index (χ2n) is 5.22. The summed E-state index contributed by atoms with van der Waals surface area (Å²) in [5.41, 5.74) is 5.33. The summed E-state index contributed by atoms with van der Waals surface area (Å²) in [4.78, 5) is 4.29. The van der Waals surface area contributed by atoms with Crippen molar-refractivity contribution >= 4 is 0 Å². The van der Waals surface area contributed by atoms with Gasteiger partial charge in [-0.2, -0.15) is 0 Å². The maximum absolute atomic E-state index is 6.10. The molecule has 1 aromatic heterocycles. The van der Waals surface area contributed by atoms with Gasteiger partial charge in [-0.1, -0.05) is 54.6 Å². The predicted molar refractivity (Wildman–Crippen MR) is 83.0 cm³/mol. The maximum Gasteiger partial charge on any atom is 0.146 e. The lowest BCUT2D eigenvalue weighted by Gasteiger charge is -2.30. The van der Waals surface area contributed by atoms with E-state index in [2.05, 4.69) is 59.6 Å². The molecule has 0 bridgehead atoms. The molecule has 102 valence electrons. The molecule has 2 heteroatoms. The molecular weight excluding hydrogens is 258 g/mol. The van der Waals surface area contributed by atoms with Gasteiger partial charge in [0.15, 0.2) is 0 Å². The Morgan fingerprint density at radius 3 is 1.95 bits per heavy atom. The van der Waals surface area contributed by atoms with Crippen molar-refractivity contribution in [1.82, 2.24) is 4.98 Å². The lowest BCUT2D eigenvalue weighted by molar-refractivity contribution is 0.0621. The zero-order chi connectivity index (χ0) is 14.3. The minimum Gasteiger partial charge on any atom is -0.364 e. The van der Waals surface area contributed by atoms with E-state index in [4.69, 9.17) is 4.74 Å². The van der Waals surface area contributed by atoms with Gasteiger partial charge < -0.3 is 4.74 Å². The van der Waals surface area contributed by atoms with E-state index in [1.54, 1.807) is 13.3 Å². The standard InChI is InChI=1S/C19H15NO/c1-21-19(14-7-6-12-20-13-14)17-10-4-2-8-15(17)16-9-3-5-11-18(16)19/h2-13H,1H3. The summed E-state index contributed by atoms with van der Waals surface area (Å²) in [6.07, 6.45) is 3.68. The van der Waals surface area contributed by atoms with Gasteiger partial charge in [0.2, 0.25) is 0 Å². The Morgan fingerprint density at radius 2 is 1.43 bits per heavy atom. The fourth-order valence-electron chi connectivity index (χ4n) is 3.41. The van der Waals surface area contributed by atoms with Crippen LogP contribution >= 0.6 is 0 Å². The van der Waals surface area contributed by atoms with Gasteiger partial charge >= 0.3 is 0 Å². The van der Waals surface area contributed by atoms with Crippen LogP contribution in [-0.4, -0.2) is 12.1 Å². The second kappa shape index (κ2) is 4.54. The minimum absolute atomic E-state index is 0.568. The number of pyridine rings is 1. The Balaban J connectivity index is 2.12. The van der Waals surface area contributed by atoms with Crippen molar-refractivity contribution in [3.05, 3.63) is 89.7 Å². The third-order valence-corrected chi connectivity index (χ3v) is 4.28. The van der Waals surface area contributed by atoms with Crippen molar-refractivity contribution < 1.29 is 4.74 Å². The van der Waals surface area contributed by atoms with Gasteiger partial charge in [-0.15, -0.1) is 0 Å². The predicted octanol–water partition coefficient (Wildman–Crippen LogP) is 4.00. The van der Waals surface area contributed by atoms with Crippen molar-refractivity contribution in [1.29, 1.82) is 0 Å². The molecule has 3 aromatic rings. The Kier molecular flexibility index (Phi) is 2.66. The van der Waals surface area contributed by atoms with Crippen LogP contribution in [-0.2, 0) is 10.3 Å². The molecule has 0 fully saturated rings. The molecule has 2 nitrogen and oxygen atoms in total. The fourth-order valence-corrected chi connectivity index (χ4v) is 3.41. The van der Waals surface area contributed by atoms with Crippen LogP contribution in [0.3, 0.4) is 0 Å². The highest BCUT2D eigenvalue weighted by atomic mass is 16.5. The summed E-state index contributed by atoms with van der Waals surface area (Å²) in [6, 6.07) is 20.9. The molecule has 1 aliphatic rings. The van der Waals surface area contributed by atoms with E-state index in [1.807, 2.05) is 12.3 Å². The number of benzene rings is 2. The number of rotatable bonds is 2. The Morgan fingerprint density at radius 1 is 0.810 bits per heavy atom. The summed E-state index contributed by atoms with van der Waals surface area (Å²) in [5.74, 6) is 0. The molecule has 0 aliphatic heterocycles. The van der Waals surface area contributed by atoms with E-state index in [9.17, 15) is 0 Å². The van der Waals surface area contributed by atoms with E-state index in [0.29, 0.717) is 0 Å². The van der Waals surface area contributed by atoms with Gasteiger partial charge in [0, 0.05) is 36.2 Å². The van der Waals surface area contributed by atoms with E-state index in [1.165, 1.54) is 22.3 Å². The first-order valence-corrected chi connectivity index (χ1v) is 7.03. The van der Waals surface area contributed by atoms with E-state index < -0.39 is 5.60 Å². The topological polar surface area (TPSA) is 22.1 Å². The first-order valence-electron chi connectivity index (χ1n) is 7.03. The van der Waals surface area contributed by atoms with Crippen LogP contribution in [0.1, 0.15) is 16.7 Å². The molecule has 0 atom stereocenters. The number of hydrogen-bond donors (Lipinski definition) is 0. The lowest BCUT2D eigenvalue weighted by atomic mass is 9.85. The number of fused-ring (bicyclic) bond motifs is 3. The van der Waals surface area contributed by atoms with E-state index in [-0.39, 0.29) is 0 Å². The Bertz CT molecular complexity index is 750. The molecule has 4 rings (SSSR count). The number of nitrogens with zero attached hydrogens (tertiary/aromatic N) is 1. The van der Waals surface area contributed by atoms with Gasteiger partial charge in [0.1, 0.15) is 5.60 Å². The van der Waals surface area contributed by atoms with Crippen LogP contribution in [0, 0.1) is 0 Å². The molecular formula is C19H15NO. The van der Waals surface area contributed by atoms with Crippen molar-refractivity contribution in [2.45, 2.75) is 5.60 Å². The smallest absolute Gasteiger partial charge is 0.146 e. The Labute approximate surface area is 124 Å². The van der Waals surface area contributed by atoms with Crippen LogP contribution in [0.4, 0.5) is 0 Å². The van der Waals surface area contributed by atoms with E-state index >= 15 is 0 Å². The normalized spacial score (nSPS) is 14.5. The number of hydrogen-bond acceptors (Lipinski definition) is 2. The Hall–Kier alpha value is -2.45. The monoisotopic (exact) mass is 273 g/mol. The highest BCUT2D eigenvalue weighted by molar-refractivity contribution is 5.82. The summed E-state index contributed by atoms with van der Waals surface area (Å²) < 4.78 is 6.10. The van der Waals surface area contributed by atoms with Crippen LogP contribution in [0.25, 0.3) is 11.1 Å². The average molecular weight is 273 g/mol. The molecule has 0 radical (unpaired) electrons. The quantitative estimate of drug-likeness (QED) is 0.704. The highest BCUT2D eigenvalue weighted by Crippen LogP contribution is 2.52. The molecule has 0 unspecified atom stereocenters. The molecule has 1 heterocycles. The summed E-state index contributed by atoms with van der Waals surface area (Å²) in [5, 5.41) is 0. The lowest BCUT2D eigenvalue weighted by Crippen LogP contribution is -2.29. The van der Waals surface area contributed by atoms with Crippen LogP contribution in [0.15, 0.2) is 73.1 Å². The van der Waals surface area contributed by atoms with Crippen molar-refractivity contribution in [2.24, 2.45) is 0 Å². The summed E-state index contributed by atoms with van der Waals surface area (Å²) in [7, 11) is 1.77.